The molecular weight excluding hydrogens is 390 g/mol. The zero-order valence-electron chi connectivity index (χ0n) is 15.2. The van der Waals surface area contributed by atoms with Crippen molar-refractivity contribution in [2.24, 2.45) is 10.2 Å². The van der Waals surface area contributed by atoms with Gasteiger partial charge in [-0.05, 0) is 13.0 Å². The number of H-pyrrole nitrogens is 1. The molecule has 2 heterocycles. The van der Waals surface area contributed by atoms with Crippen LogP contribution in [0.5, 0.6) is 0 Å². The number of carboxylic acid groups (broad SMARTS) is 1. The van der Waals surface area contributed by atoms with E-state index >= 15 is 0 Å². The molecule has 0 unspecified atom stereocenters. The molecule has 0 aliphatic heterocycles. The number of benzene rings is 2. The molecule has 0 spiro atoms. The van der Waals surface area contributed by atoms with Gasteiger partial charge in [-0.3, -0.25) is 9.89 Å². The highest BCUT2D eigenvalue weighted by atomic mass is 32.1. The van der Waals surface area contributed by atoms with Crippen molar-refractivity contribution >= 4 is 28.7 Å². The topological polar surface area (TPSA) is 116 Å². The minimum Gasteiger partial charge on any atom is -0.545 e. The molecule has 8 nitrogen and oxygen atoms in total. The van der Waals surface area contributed by atoms with E-state index in [2.05, 4.69) is 20.3 Å². The lowest BCUT2D eigenvalue weighted by molar-refractivity contribution is -0.254. The van der Waals surface area contributed by atoms with Gasteiger partial charge in [0.1, 0.15) is 0 Å². The van der Waals surface area contributed by atoms with Gasteiger partial charge >= 0.3 is 5.56 Å². The van der Waals surface area contributed by atoms with E-state index in [9.17, 15) is 14.7 Å². The van der Waals surface area contributed by atoms with E-state index in [1.54, 1.807) is 19.1 Å². The monoisotopic (exact) mass is 404 g/mol. The first-order chi connectivity index (χ1) is 14.0. The number of aryl methyl sites for hydroxylation is 1. The maximum Gasteiger partial charge on any atom is 0.301 e. The molecule has 0 aliphatic rings. The summed E-state index contributed by atoms with van der Waals surface area (Å²) in [5.41, 5.74) is 1.86. The largest absolute Gasteiger partial charge is 0.545 e. The highest BCUT2D eigenvalue weighted by Gasteiger charge is 2.15. The average molecular weight is 404 g/mol. The smallest absolute Gasteiger partial charge is 0.301 e. The Labute approximate surface area is 168 Å². The molecule has 0 bridgehead atoms. The standard InChI is InChI=1S/C20H15N5O3S/c1-12-17(23-22-15-10-6-5-9-14(15)19(27)28)18(26)25(24-12)20-21-16(11-29-20)13-7-3-2-4-8-13/h2-11,24H,1H3,(H,27,28)/p-1. The molecule has 144 valence electrons. The van der Waals surface area contributed by atoms with Gasteiger partial charge < -0.3 is 9.90 Å². The third-order valence-corrected chi connectivity index (χ3v) is 5.00. The molecule has 1 N–H and O–H groups in total. The second-order valence-corrected chi connectivity index (χ2v) is 6.95. The number of nitrogens with zero attached hydrogens (tertiary/aromatic N) is 4. The quantitative estimate of drug-likeness (QED) is 0.513. The van der Waals surface area contributed by atoms with Gasteiger partial charge in [0.15, 0.2) is 5.69 Å². The minimum absolute atomic E-state index is 0.0783. The number of aromatic amines is 1. The molecule has 29 heavy (non-hydrogen) atoms. The van der Waals surface area contributed by atoms with Crippen LogP contribution in [-0.2, 0) is 0 Å². The van der Waals surface area contributed by atoms with Gasteiger partial charge in [-0.2, -0.15) is 4.68 Å². The fourth-order valence-corrected chi connectivity index (χ4v) is 3.53. The van der Waals surface area contributed by atoms with E-state index in [4.69, 9.17) is 0 Å². The summed E-state index contributed by atoms with van der Waals surface area (Å²) in [7, 11) is 0. The number of rotatable bonds is 5. The zero-order valence-corrected chi connectivity index (χ0v) is 16.0. The normalized spacial score (nSPS) is 11.2. The van der Waals surface area contributed by atoms with E-state index in [1.807, 2.05) is 35.7 Å². The molecule has 2 aromatic carbocycles. The minimum atomic E-state index is -1.36. The highest BCUT2D eigenvalue weighted by Crippen LogP contribution is 2.25. The van der Waals surface area contributed by atoms with Crippen LogP contribution in [0.1, 0.15) is 16.1 Å². The summed E-state index contributed by atoms with van der Waals surface area (Å²) < 4.78 is 1.30. The SMILES string of the molecule is Cc1[nH]n(-c2nc(-c3ccccc3)cs2)c(=O)c1N=Nc1ccccc1C(=O)[O-]. The molecule has 2 aromatic heterocycles. The van der Waals surface area contributed by atoms with Crippen molar-refractivity contribution in [3.05, 3.63) is 81.6 Å². The summed E-state index contributed by atoms with van der Waals surface area (Å²) in [4.78, 5) is 28.5. The van der Waals surface area contributed by atoms with Crippen LogP contribution < -0.4 is 10.7 Å². The van der Waals surface area contributed by atoms with Crippen molar-refractivity contribution in [3.63, 3.8) is 0 Å². The Morgan fingerprint density at radius 1 is 1.10 bits per heavy atom. The van der Waals surface area contributed by atoms with E-state index in [-0.39, 0.29) is 16.9 Å². The van der Waals surface area contributed by atoms with Gasteiger partial charge in [-0.15, -0.1) is 21.6 Å². The van der Waals surface area contributed by atoms with Gasteiger partial charge in [0.05, 0.1) is 23.0 Å². The number of hydrogen-bond acceptors (Lipinski definition) is 7. The number of carbonyl (C=O) groups excluding carboxylic acids is 1. The Morgan fingerprint density at radius 2 is 1.83 bits per heavy atom. The molecular formula is C20H14N5O3S-. The van der Waals surface area contributed by atoms with E-state index in [0.717, 1.165) is 11.3 Å². The molecule has 0 aliphatic carbocycles. The summed E-state index contributed by atoms with van der Waals surface area (Å²) in [5.74, 6) is -1.36. The maximum absolute atomic E-state index is 12.8. The number of carboxylic acids is 1. The molecule has 0 amide bonds. The van der Waals surface area contributed by atoms with Crippen molar-refractivity contribution < 1.29 is 9.90 Å². The Hall–Kier alpha value is -3.85. The number of carbonyl (C=O) groups is 1. The fourth-order valence-electron chi connectivity index (χ4n) is 2.74. The van der Waals surface area contributed by atoms with Crippen LogP contribution in [-0.4, -0.2) is 20.7 Å². The summed E-state index contributed by atoms with van der Waals surface area (Å²) in [5, 5.41) is 24.4. The summed E-state index contributed by atoms with van der Waals surface area (Å²) >= 11 is 1.32. The molecule has 0 atom stereocenters. The first kappa shape index (κ1) is 18.5. The lowest BCUT2D eigenvalue weighted by Gasteiger charge is -2.04. The Bertz CT molecular complexity index is 1270. The van der Waals surface area contributed by atoms with Crippen LogP contribution in [0.2, 0.25) is 0 Å². The summed E-state index contributed by atoms with van der Waals surface area (Å²) in [6.07, 6.45) is 0. The van der Waals surface area contributed by atoms with Gasteiger partial charge in [-0.1, -0.05) is 48.5 Å². The maximum atomic E-state index is 12.8. The number of aromatic nitrogens is 3. The number of aromatic carboxylic acids is 1. The van der Waals surface area contributed by atoms with E-state index < -0.39 is 11.5 Å². The van der Waals surface area contributed by atoms with Crippen LogP contribution in [0.25, 0.3) is 16.4 Å². The van der Waals surface area contributed by atoms with Gasteiger partial charge in [-0.25, -0.2) is 4.98 Å². The molecule has 0 saturated heterocycles. The highest BCUT2D eigenvalue weighted by molar-refractivity contribution is 7.12. The van der Waals surface area contributed by atoms with Crippen LogP contribution >= 0.6 is 11.3 Å². The third kappa shape index (κ3) is 3.63. The Morgan fingerprint density at radius 3 is 2.59 bits per heavy atom. The van der Waals surface area contributed by atoms with Crippen molar-refractivity contribution in [2.75, 3.05) is 0 Å². The van der Waals surface area contributed by atoms with Crippen LogP contribution in [0.4, 0.5) is 11.4 Å². The fraction of sp³-hybridized carbons (Fsp3) is 0.0500. The van der Waals surface area contributed by atoms with Crippen molar-refractivity contribution in [1.82, 2.24) is 14.8 Å². The molecule has 0 fully saturated rings. The number of azo groups is 1. The van der Waals surface area contributed by atoms with E-state index in [0.29, 0.717) is 10.8 Å². The molecule has 9 heteroatoms. The summed E-state index contributed by atoms with van der Waals surface area (Å²) in [6.45, 7) is 1.68. The third-order valence-electron chi connectivity index (χ3n) is 4.17. The number of thiazole rings is 1. The zero-order chi connectivity index (χ0) is 20.4. The lowest BCUT2D eigenvalue weighted by atomic mass is 10.2. The summed E-state index contributed by atoms with van der Waals surface area (Å²) in [6, 6.07) is 15.7. The van der Waals surface area contributed by atoms with Crippen LogP contribution in [0.15, 0.2) is 75.0 Å². The van der Waals surface area contributed by atoms with Crippen molar-refractivity contribution in [2.45, 2.75) is 6.92 Å². The molecule has 4 rings (SSSR count). The second-order valence-electron chi connectivity index (χ2n) is 6.11. The lowest BCUT2D eigenvalue weighted by Crippen LogP contribution is -2.22. The predicted octanol–water partition coefficient (Wildman–Crippen LogP) is 3.38. The molecule has 4 aromatic rings. The van der Waals surface area contributed by atoms with Gasteiger partial charge in [0.2, 0.25) is 5.13 Å². The molecule has 0 radical (unpaired) electrons. The average Bonchev–Trinajstić information content (AvgIpc) is 3.32. The number of nitrogens with one attached hydrogen (secondary N) is 1. The Kier molecular flexibility index (Phi) is 4.88. The van der Waals surface area contributed by atoms with Crippen molar-refractivity contribution in [3.8, 4) is 16.4 Å². The Balaban J connectivity index is 1.69. The first-order valence-electron chi connectivity index (χ1n) is 8.59. The van der Waals surface area contributed by atoms with Gasteiger partial charge in [0.25, 0.3) is 0 Å². The van der Waals surface area contributed by atoms with Crippen LogP contribution in [0, 0.1) is 6.92 Å². The predicted molar refractivity (Wildman–Crippen MR) is 107 cm³/mol. The van der Waals surface area contributed by atoms with Crippen molar-refractivity contribution in [1.29, 1.82) is 0 Å². The van der Waals surface area contributed by atoms with E-state index in [1.165, 1.54) is 28.2 Å². The first-order valence-corrected chi connectivity index (χ1v) is 9.47. The van der Waals surface area contributed by atoms with Gasteiger partial charge in [0, 0.05) is 16.5 Å². The number of hydrogen-bond donors (Lipinski definition) is 1. The molecule has 0 saturated carbocycles. The second kappa shape index (κ2) is 7.64. The van der Waals surface area contributed by atoms with Crippen LogP contribution in [0.3, 0.4) is 0 Å².